The number of methoxy groups -OCH3 is 2. The number of hydrogen-bond acceptors (Lipinski definition) is 5. The summed E-state index contributed by atoms with van der Waals surface area (Å²) in [7, 11) is 6.74. The average molecular weight is 534 g/mol. The summed E-state index contributed by atoms with van der Waals surface area (Å²) in [5, 5.41) is 6.25. The lowest BCUT2D eigenvalue weighted by molar-refractivity contribution is -0.127. The van der Waals surface area contributed by atoms with Gasteiger partial charge in [0.25, 0.3) is 0 Å². The van der Waals surface area contributed by atoms with Gasteiger partial charge in [0.2, 0.25) is 5.91 Å². The van der Waals surface area contributed by atoms with Crippen LogP contribution >= 0.6 is 24.0 Å². The fourth-order valence-electron chi connectivity index (χ4n) is 3.08. The number of ether oxygens (including phenoxy) is 3. The van der Waals surface area contributed by atoms with Crippen molar-refractivity contribution in [2.75, 3.05) is 48.0 Å². The predicted molar refractivity (Wildman–Crippen MR) is 129 cm³/mol. The molecule has 1 aromatic carbocycles. The highest BCUT2D eigenvalue weighted by Gasteiger charge is 2.20. The van der Waals surface area contributed by atoms with Crippen LogP contribution in [0.1, 0.15) is 31.2 Å². The number of rotatable bonds is 10. The third-order valence-corrected chi connectivity index (χ3v) is 4.78. The Balaban J connectivity index is 0.00000450. The van der Waals surface area contributed by atoms with Crippen molar-refractivity contribution in [2.24, 2.45) is 4.99 Å². The number of carbonyl (C=O) groups excluding carboxylic acids is 1. The van der Waals surface area contributed by atoms with E-state index in [0.29, 0.717) is 31.4 Å². The molecule has 1 saturated carbocycles. The molecule has 0 spiro atoms. The molecule has 0 aliphatic heterocycles. The molecule has 30 heavy (non-hydrogen) atoms. The predicted octanol–water partition coefficient (Wildman–Crippen LogP) is 2.40. The van der Waals surface area contributed by atoms with Crippen molar-refractivity contribution in [1.29, 1.82) is 0 Å². The molecule has 0 heterocycles. The topological polar surface area (TPSA) is 84.4 Å². The molecule has 8 nitrogen and oxygen atoms in total. The second-order valence-electron chi connectivity index (χ2n) is 7.20. The molecule has 0 unspecified atom stereocenters. The number of carbonyl (C=O) groups is 1. The van der Waals surface area contributed by atoms with Crippen molar-refractivity contribution in [1.82, 2.24) is 15.5 Å². The molecule has 0 bridgehead atoms. The Morgan fingerprint density at radius 3 is 2.57 bits per heavy atom. The molecular formula is C21H35IN4O4. The Morgan fingerprint density at radius 1 is 1.20 bits per heavy atom. The van der Waals surface area contributed by atoms with Crippen LogP contribution in [-0.2, 0) is 16.1 Å². The molecule has 1 aromatic rings. The smallest absolute Gasteiger partial charge is 0.241 e. The van der Waals surface area contributed by atoms with E-state index in [2.05, 4.69) is 15.6 Å². The van der Waals surface area contributed by atoms with Crippen molar-refractivity contribution in [3.8, 4) is 11.5 Å². The number of nitrogens with one attached hydrogen (secondary N) is 2. The van der Waals surface area contributed by atoms with Crippen LogP contribution in [0, 0.1) is 0 Å². The first-order valence-electron chi connectivity index (χ1n) is 10.1. The third kappa shape index (κ3) is 8.55. The zero-order valence-corrected chi connectivity index (χ0v) is 20.7. The van der Waals surface area contributed by atoms with Crippen molar-refractivity contribution in [3.63, 3.8) is 0 Å². The van der Waals surface area contributed by atoms with E-state index < -0.39 is 0 Å². The second-order valence-corrected chi connectivity index (χ2v) is 7.20. The molecule has 1 aliphatic carbocycles. The summed E-state index contributed by atoms with van der Waals surface area (Å²) >= 11 is 0. The lowest BCUT2D eigenvalue weighted by Crippen LogP contribution is -2.43. The van der Waals surface area contributed by atoms with Crippen LogP contribution in [0.2, 0.25) is 0 Å². The highest BCUT2D eigenvalue weighted by molar-refractivity contribution is 14.0. The Morgan fingerprint density at radius 2 is 1.93 bits per heavy atom. The van der Waals surface area contributed by atoms with Gasteiger partial charge in [-0.3, -0.25) is 4.79 Å². The summed E-state index contributed by atoms with van der Waals surface area (Å²) in [5.74, 6) is 1.99. The highest BCUT2D eigenvalue weighted by Crippen LogP contribution is 2.35. The average Bonchev–Trinajstić information content (AvgIpc) is 3.23. The second kappa shape index (κ2) is 14.3. The number of benzene rings is 1. The summed E-state index contributed by atoms with van der Waals surface area (Å²) in [6, 6.07) is 5.84. The van der Waals surface area contributed by atoms with Crippen molar-refractivity contribution >= 4 is 35.8 Å². The highest BCUT2D eigenvalue weighted by atomic mass is 127. The van der Waals surface area contributed by atoms with Gasteiger partial charge in [-0.05, 0) is 31.7 Å². The molecule has 1 amide bonds. The first kappa shape index (κ1) is 26.3. The van der Waals surface area contributed by atoms with Crippen LogP contribution in [-0.4, -0.2) is 70.9 Å². The molecule has 2 rings (SSSR count). The van der Waals surface area contributed by atoms with Gasteiger partial charge in [0.05, 0.1) is 32.9 Å². The van der Waals surface area contributed by atoms with Crippen LogP contribution in [0.15, 0.2) is 23.2 Å². The summed E-state index contributed by atoms with van der Waals surface area (Å²) in [6.07, 6.45) is 4.76. The van der Waals surface area contributed by atoms with E-state index >= 15 is 0 Å². The molecule has 9 heteroatoms. The number of aliphatic imine (C=N–C) groups is 1. The molecule has 2 N–H and O–H groups in total. The summed E-state index contributed by atoms with van der Waals surface area (Å²) in [4.78, 5) is 18.1. The van der Waals surface area contributed by atoms with Crippen molar-refractivity contribution < 1.29 is 19.0 Å². The minimum Gasteiger partial charge on any atom is -0.493 e. The van der Waals surface area contributed by atoms with Crippen molar-refractivity contribution in [3.05, 3.63) is 23.8 Å². The van der Waals surface area contributed by atoms with Crippen LogP contribution in [0.3, 0.4) is 0 Å². The third-order valence-electron chi connectivity index (χ3n) is 4.78. The number of guanidine groups is 1. The molecule has 0 radical (unpaired) electrons. The number of amides is 1. The zero-order chi connectivity index (χ0) is 21.1. The van der Waals surface area contributed by atoms with Crippen LogP contribution in [0.5, 0.6) is 11.5 Å². The summed E-state index contributed by atoms with van der Waals surface area (Å²) in [5.41, 5.74) is 0.947. The number of hydrogen-bond donors (Lipinski definition) is 2. The van der Waals surface area contributed by atoms with E-state index in [4.69, 9.17) is 14.2 Å². The van der Waals surface area contributed by atoms with Gasteiger partial charge in [0, 0.05) is 33.3 Å². The van der Waals surface area contributed by atoms with Gasteiger partial charge < -0.3 is 29.7 Å². The van der Waals surface area contributed by atoms with Gasteiger partial charge in [0.15, 0.2) is 17.5 Å². The summed E-state index contributed by atoms with van der Waals surface area (Å²) in [6.45, 7) is 1.69. The molecule has 1 aliphatic rings. The van der Waals surface area contributed by atoms with E-state index in [1.165, 1.54) is 17.7 Å². The Labute approximate surface area is 196 Å². The van der Waals surface area contributed by atoms with Gasteiger partial charge in [0.1, 0.15) is 0 Å². The van der Waals surface area contributed by atoms with Crippen LogP contribution in [0.4, 0.5) is 0 Å². The standard InChI is InChI=1S/C21H34N4O4.HI/c1-25(2)19(26)15-24-21(22-12-13-27-3)23-14-16-8-7-11-18(28-4)20(16)29-17-9-5-6-10-17;/h7-8,11,17H,5-6,9-10,12-15H2,1-4H3,(H2,22,23,24);1H. The van der Waals surface area contributed by atoms with Gasteiger partial charge in [-0.15, -0.1) is 24.0 Å². The first-order chi connectivity index (χ1) is 14.0. The first-order valence-corrected chi connectivity index (χ1v) is 10.1. The zero-order valence-electron chi connectivity index (χ0n) is 18.4. The van der Waals surface area contributed by atoms with E-state index in [-0.39, 0.29) is 42.5 Å². The lowest BCUT2D eigenvalue weighted by atomic mass is 10.1. The quantitative estimate of drug-likeness (QED) is 0.208. The Bertz CT molecular complexity index is 679. The monoisotopic (exact) mass is 534 g/mol. The van der Waals surface area contributed by atoms with Crippen LogP contribution in [0.25, 0.3) is 0 Å². The molecule has 0 aromatic heterocycles. The fraction of sp³-hybridized carbons (Fsp3) is 0.619. The summed E-state index contributed by atoms with van der Waals surface area (Å²) < 4.78 is 16.9. The molecule has 1 fully saturated rings. The number of para-hydroxylation sites is 1. The van der Waals surface area contributed by atoms with Gasteiger partial charge >= 0.3 is 0 Å². The molecule has 170 valence electrons. The number of likely N-dealkylation sites (N-methyl/N-ethyl adjacent to an activating group) is 1. The molecule has 0 atom stereocenters. The maximum Gasteiger partial charge on any atom is 0.241 e. The van der Waals surface area contributed by atoms with Gasteiger partial charge in [-0.25, -0.2) is 4.99 Å². The largest absolute Gasteiger partial charge is 0.493 e. The van der Waals surface area contributed by atoms with E-state index in [1.54, 1.807) is 28.3 Å². The lowest BCUT2D eigenvalue weighted by Gasteiger charge is -2.19. The van der Waals surface area contributed by atoms with E-state index in [0.717, 1.165) is 24.2 Å². The number of nitrogens with zero attached hydrogens (tertiary/aromatic N) is 2. The van der Waals surface area contributed by atoms with Gasteiger partial charge in [-0.1, -0.05) is 12.1 Å². The fourth-order valence-corrected chi connectivity index (χ4v) is 3.08. The maximum absolute atomic E-state index is 11.9. The molecular weight excluding hydrogens is 499 g/mol. The van der Waals surface area contributed by atoms with Crippen LogP contribution < -0.4 is 20.1 Å². The normalized spacial score (nSPS) is 14.1. The van der Waals surface area contributed by atoms with E-state index in [1.807, 2.05) is 18.2 Å². The maximum atomic E-state index is 11.9. The Hall–Kier alpha value is -1.75. The van der Waals surface area contributed by atoms with E-state index in [9.17, 15) is 4.79 Å². The molecule has 0 saturated heterocycles. The minimum atomic E-state index is -0.0297. The minimum absolute atomic E-state index is 0. The van der Waals surface area contributed by atoms with Crippen molar-refractivity contribution in [2.45, 2.75) is 38.3 Å². The SMILES string of the molecule is COCCNC(=NCc1cccc(OC)c1OC1CCCC1)NCC(=O)N(C)C.I. The number of halogens is 1. The van der Waals surface area contributed by atoms with Gasteiger partial charge in [-0.2, -0.15) is 0 Å². The Kier molecular flexibility index (Phi) is 12.5.